The molecule has 1 fully saturated rings. The summed E-state index contributed by atoms with van der Waals surface area (Å²) in [6.45, 7) is 1.86. The minimum Gasteiger partial charge on any atom is -0.396 e. The summed E-state index contributed by atoms with van der Waals surface area (Å²) in [6, 6.07) is 3.37. The lowest BCUT2D eigenvalue weighted by Crippen LogP contribution is -2.62. The van der Waals surface area contributed by atoms with Crippen LogP contribution in [-0.2, 0) is 10.0 Å². The molecule has 1 heterocycles. The minimum atomic E-state index is -3.74. The summed E-state index contributed by atoms with van der Waals surface area (Å²) in [5, 5.41) is 9.80. The summed E-state index contributed by atoms with van der Waals surface area (Å²) in [6.07, 6.45) is 0.481. The average molecular weight is 274 g/mol. The first-order valence-electron chi connectivity index (χ1n) is 5.56. The second-order valence-corrected chi connectivity index (χ2v) is 6.47. The van der Waals surface area contributed by atoms with E-state index in [2.05, 4.69) is 0 Å². The molecule has 0 aliphatic carbocycles. The Labute approximate surface area is 105 Å². The Morgan fingerprint density at radius 3 is 2.61 bits per heavy atom. The highest BCUT2D eigenvalue weighted by molar-refractivity contribution is 7.89. The number of rotatable bonds is 3. The number of sulfonamides is 1. The summed E-state index contributed by atoms with van der Waals surface area (Å²) in [5.74, 6) is -0.762. The van der Waals surface area contributed by atoms with Crippen LogP contribution >= 0.6 is 0 Å². The van der Waals surface area contributed by atoms with Gasteiger partial charge in [-0.3, -0.25) is 0 Å². The van der Waals surface area contributed by atoms with Crippen molar-refractivity contribution >= 4 is 15.7 Å². The van der Waals surface area contributed by atoms with Gasteiger partial charge in [-0.15, -0.1) is 0 Å². The van der Waals surface area contributed by atoms with Crippen LogP contribution in [0.2, 0.25) is 0 Å². The van der Waals surface area contributed by atoms with Crippen LogP contribution in [0.5, 0.6) is 0 Å². The van der Waals surface area contributed by atoms with Gasteiger partial charge < -0.3 is 10.8 Å². The zero-order valence-electron chi connectivity index (χ0n) is 9.93. The zero-order chi connectivity index (χ0) is 13.6. The van der Waals surface area contributed by atoms with Crippen molar-refractivity contribution < 1.29 is 17.9 Å². The Morgan fingerprint density at radius 2 is 2.11 bits per heavy atom. The number of benzene rings is 1. The molecule has 1 saturated heterocycles. The Morgan fingerprint density at radius 1 is 1.50 bits per heavy atom. The van der Waals surface area contributed by atoms with E-state index in [1.807, 2.05) is 0 Å². The van der Waals surface area contributed by atoms with Crippen molar-refractivity contribution in [1.82, 2.24) is 4.31 Å². The Hall–Kier alpha value is -1.18. The Bertz CT molecular complexity index is 568. The Kier molecular flexibility index (Phi) is 3.08. The first-order chi connectivity index (χ1) is 8.28. The molecule has 3 N–H and O–H groups in total. The third-order valence-corrected chi connectivity index (χ3v) is 5.00. The van der Waals surface area contributed by atoms with Gasteiger partial charge in [0.2, 0.25) is 10.0 Å². The number of nitrogens with two attached hydrogens (primary N) is 1. The summed E-state index contributed by atoms with van der Waals surface area (Å²) in [7, 11) is -3.74. The van der Waals surface area contributed by atoms with Gasteiger partial charge in [0.15, 0.2) is 0 Å². The van der Waals surface area contributed by atoms with E-state index in [-0.39, 0.29) is 23.7 Å². The first-order valence-corrected chi connectivity index (χ1v) is 7.00. The number of aliphatic hydroxyl groups is 1. The number of β-amino-alcohol motifs (C(OH)–C–C–N with tert-alkyl or cyclic N) is 1. The highest BCUT2D eigenvalue weighted by Crippen LogP contribution is 2.30. The maximum atomic E-state index is 13.3. The van der Waals surface area contributed by atoms with Crippen molar-refractivity contribution in [3.63, 3.8) is 0 Å². The molecule has 0 bridgehead atoms. The fourth-order valence-electron chi connectivity index (χ4n) is 1.82. The Balaban J connectivity index is 2.25. The van der Waals surface area contributed by atoms with E-state index >= 15 is 0 Å². The van der Waals surface area contributed by atoms with Crippen molar-refractivity contribution in [1.29, 1.82) is 0 Å². The molecular formula is C11H15FN2O3S. The smallest absolute Gasteiger partial charge is 0.243 e. The predicted molar refractivity (Wildman–Crippen MR) is 64.8 cm³/mol. The number of hydrogen-bond donors (Lipinski definition) is 2. The maximum Gasteiger partial charge on any atom is 0.243 e. The molecule has 100 valence electrons. The van der Waals surface area contributed by atoms with E-state index in [4.69, 9.17) is 5.73 Å². The monoisotopic (exact) mass is 274 g/mol. The second-order valence-electron chi connectivity index (χ2n) is 4.53. The van der Waals surface area contributed by atoms with Crippen molar-refractivity contribution in [2.45, 2.75) is 23.8 Å². The first kappa shape index (κ1) is 13.3. The average Bonchev–Trinajstić information content (AvgIpc) is 2.28. The summed E-state index contributed by atoms with van der Waals surface area (Å²) in [4.78, 5) is -0.146. The molecule has 1 aliphatic heterocycles. The van der Waals surface area contributed by atoms with E-state index in [1.165, 1.54) is 12.1 Å². The van der Waals surface area contributed by atoms with E-state index in [0.717, 1.165) is 10.4 Å². The minimum absolute atomic E-state index is 0.0395. The number of hydrogen-bond acceptors (Lipinski definition) is 4. The molecule has 0 spiro atoms. The third-order valence-electron chi connectivity index (χ3n) is 3.21. The van der Waals surface area contributed by atoms with Crippen molar-refractivity contribution in [2.75, 3.05) is 18.8 Å². The van der Waals surface area contributed by atoms with Crippen molar-refractivity contribution in [3.05, 3.63) is 24.0 Å². The maximum absolute atomic E-state index is 13.3. The molecule has 0 atom stereocenters. The number of anilines is 1. The standard InChI is InChI=1S/C11H15FN2O3S/c1-2-11(15)6-14(7-11)18(16,17)8-3-4-10(13)9(12)5-8/h3-5,15H,2,6-7,13H2,1H3. The lowest BCUT2D eigenvalue weighted by atomic mass is 9.94. The van der Waals surface area contributed by atoms with Gasteiger partial charge in [-0.05, 0) is 24.6 Å². The van der Waals surface area contributed by atoms with Crippen LogP contribution in [0, 0.1) is 5.82 Å². The fraction of sp³-hybridized carbons (Fsp3) is 0.455. The predicted octanol–water partition coefficient (Wildman–Crippen LogP) is 0.553. The summed E-state index contributed by atoms with van der Waals surface area (Å²) >= 11 is 0. The van der Waals surface area contributed by atoms with E-state index in [0.29, 0.717) is 6.42 Å². The van der Waals surface area contributed by atoms with Crippen molar-refractivity contribution in [3.8, 4) is 0 Å². The van der Waals surface area contributed by atoms with Gasteiger partial charge in [-0.25, -0.2) is 12.8 Å². The van der Waals surface area contributed by atoms with Gasteiger partial charge in [0.1, 0.15) is 5.82 Å². The molecular weight excluding hydrogens is 259 g/mol. The molecule has 0 amide bonds. The molecule has 0 radical (unpaired) electrons. The van der Waals surface area contributed by atoms with Crippen LogP contribution in [-0.4, -0.2) is 36.5 Å². The summed E-state index contributed by atoms with van der Waals surface area (Å²) < 4.78 is 38.6. The lowest BCUT2D eigenvalue weighted by Gasteiger charge is -2.44. The molecule has 0 unspecified atom stereocenters. The molecule has 7 heteroatoms. The molecule has 2 rings (SSSR count). The normalized spacial score (nSPS) is 19.5. The highest BCUT2D eigenvalue weighted by atomic mass is 32.2. The van der Waals surface area contributed by atoms with Crippen LogP contribution in [0.15, 0.2) is 23.1 Å². The molecule has 5 nitrogen and oxygen atoms in total. The molecule has 1 aromatic carbocycles. The fourth-order valence-corrected chi connectivity index (χ4v) is 3.43. The van der Waals surface area contributed by atoms with Gasteiger partial charge in [-0.1, -0.05) is 6.92 Å². The summed E-state index contributed by atoms with van der Waals surface area (Å²) in [5.41, 5.74) is 4.24. The largest absolute Gasteiger partial charge is 0.396 e. The molecule has 1 aliphatic rings. The van der Waals surface area contributed by atoms with Crippen LogP contribution in [0.4, 0.5) is 10.1 Å². The van der Waals surface area contributed by atoms with E-state index in [1.54, 1.807) is 6.92 Å². The number of nitrogen functional groups attached to an aromatic ring is 1. The van der Waals surface area contributed by atoms with Crippen LogP contribution in [0.25, 0.3) is 0 Å². The van der Waals surface area contributed by atoms with Crippen LogP contribution in [0.3, 0.4) is 0 Å². The topological polar surface area (TPSA) is 83.6 Å². The van der Waals surface area contributed by atoms with Gasteiger partial charge >= 0.3 is 0 Å². The van der Waals surface area contributed by atoms with Crippen molar-refractivity contribution in [2.24, 2.45) is 0 Å². The second kappa shape index (κ2) is 4.18. The molecule has 18 heavy (non-hydrogen) atoms. The molecule has 1 aromatic rings. The zero-order valence-corrected chi connectivity index (χ0v) is 10.7. The number of halogens is 1. The van der Waals surface area contributed by atoms with Gasteiger partial charge in [0.25, 0.3) is 0 Å². The quantitative estimate of drug-likeness (QED) is 0.789. The van der Waals surface area contributed by atoms with Crippen LogP contribution < -0.4 is 5.73 Å². The lowest BCUT2D eigenvalue weighted by molar-refractivity contribution is -0.0613. The van der Waals surface area contributed by atoms with E-state index in [9.17, 15) is 17.9 Å². The van der Waals surface area contributed by atoms with Gasteiger partial charge in [0.05, 0.1) is 16.2 Å². The third kappa shape index (κ3) is 2.09. The van der Waals surface area contributed by atoms with Crippen LogP contribution in [0.1, 0.15) is 13.3 Å². The van der Waals surface area contributed by atoms with Gasteiger partial charge in [-0.2, -0.15) is 4.31 Å². The SMILES string of the molecule is CCC1(O)CN(S(=O)(=O)c2ccc(N)c(F)c2)C1. The van der Waals surface area contributed by atoms with Gasteiger partial charge in [0, 0.05) is 13.1 Å². The molecule has 0 saturated carbocycles. The van der Waals surface area contributed by atoms with E-state index < -0.39 is 21.4 Å². The molecule has 0 aromatic heterocycles. The number of nitrogens with zero attached hydrogens (tertiary/aromatic N) is 1. The highest BCUT2D eigenvalue weighted by Gasteiger charge is 2.46.